The molecule has 3 nitrogen and oxygen atoms in total. The van der Waals surface area contributed by atoms with Crippen molar-refractivity contribution in [3.8, 4) is 0 Å². The molecule has 1 aliphatic rings. The van der Waals surface area contributed by atoms with Gasteiger partial charge in [0.25, 0.3) is 0 Å². The quantitative estimate of drug-likeness (QED) is 0.827. The van der Waals surface area contributed by atoms with Crippen molar-refractivity contribution in [3.05, 3.63) is 11.3 Å². The lowest BCUT2D eigenvalue weighted by atomic mass is 9.79. The highest BCUT2D eigenvalue weighted by molar-refractivity contribution is 5.23. The van der Waals surface area contributed by atoms with Crippen molar-refractivity contribution < 1.29 is 14.9 Å². The zero-order valence-electron chi connectivity index (χ0n) is 13.5. The summed E-state index contributed by atoms with van der Waals surface area (Å²) in [4.78, 5) is 0. The maximum Gasteiger partial charge on any atom is 0.133 e. The third kappa shape index (κ3) is 4.22. The number of rotatable bonds is 3. The van der Waals surface area contributed by atoms with Crippen LogP contribution in [0.25, 0.3) is 0 Å². The fraction of sp³-hybridized carbons (Fsp3) is 0.875. The molecule has 3 heteroatoms. The van der Waals surface area contributed by atoms with Crippen LogP contribution in [-0.2, 0) is 4.74 Å². The molecule has 0 spiro atoms. The molecule has 112 valence electrons. The highest BCUT2D eigenvalue weighted by atomic mass is 16.5. The molecule has 0 unspecified atom stereocenters. The van der Waals surface area contributed by atoms with Gasteiger partial charge in [-0.15, -0.1) is 0 Å². The standard InChI is InChI=1S/C16H30O3/c1-14(2,3)9-12-11(15(4,5)6)8-13(19-12)16(7,18)10-17/h13,17-18H,8-10H2,1-7H3/t13-,16-/m1/s1. The molecular formula is C16H30O3. The molecule has 0 aromatic rings. The van der Waals surface area contributed by atoms with E-state index < -0.39 is 5.60 Å². The van der Waals surface area contributed by atoms with Crippen molar-refractivity contribution in [3.63, 3.8) is 0 Å². The summed E-state index contributed by atoms with van der Waals surface area (Å²) >= 11 is 0. The zero-order valence-corrected chi connectivity index (χ0v) is 13.5. The van der Waals surface area contributed by atoms with Gasteiger partial charge in [0.05, 0.1) is 12.4 Å². The van der Waals surface area contributed by atoms with Gasteiger partial charge in [-0.3, -0.25) is 0 Å². The topological polar surface area (TPSA) is 49.7 Å². The lowest BCUT2D eigenvalue weighted by Gasteiger charge is -2.29. The molecule has 0 saturated heterocycles. The van der Waals surface area contributed by atoms with Crippen LogP contribution >= 0.6 is 0 Å². The van der Waals surface area contributed by atoms with E-state index in [9.17, 15) is 10.2 Å². The number of hydrogen-bond donors (Lipinski definition) is 2. The largest absolute Gasteiger partial charge is 0.491 e. The van der Waals surface area contributed by atoms with Crippen LogP contribution < -0.4 is 0 Å². The molecule has 1 aliphatic heterocycles. The highest BCUT2D eigenvalue weighted by Crippen LogP contribution is 2.44. The van der Waals surface area contributed by atoms with E-state index in [4.69, 9.17) is 4.74 Å². The molecule has 1 rings (SSSR count). The Hall–Kier alpha value is -0.540. The van der Waals surface area contributed by atoms with Gasteiger partial charge in [-0.1, -0.05) is 41.5 Å². The average Bonchev–Trinajstić information content (AvgIpc) is 2.59. The maximum absolute atomic E-state index is 10.2. The second-order valence-electron chi connectivity index (χ2n) is 8.22. The monoisotopic (exact) mass is 270 g/mol. The summed E-state index contributed by atoms with van der Waals surface area (Å²) in [6.07, 6.45) is 1.21. The Morgan fingerprint density at radius 1 is 1.11 bits per heavy atom. The summed E-state index contributed by atoms with van der Waals surface area (Å²) in [7, 11) is 0. The molecule has 2 atom stereocenters. The van der Waals surface area contributed by atoms with E-state index in [1.807, 2.05) is 0 Å². The SMILES string of the molecule is CC(C)(C)CC1=C(C(C)(C)C)C[C@H]([C@](C)(O)CO)O1. The first-order valence-corrected chi connectivity index (χ1v) is 7.09. The van der Waals surface area contributed by atoms with Crippen molar-refractivity contribution in [1.29, 1.82) is 0 Å². The second-order valence-corrected chi connectivity index (χ2v) is 8.22. The fourth-order valence-electron chi connectivity index (χ4n) is 2.39. The van der Waals surface area contributed by atoms with Crippen molar-refractivity contribution in [1.82, 2.24) is 0 Å². The van der Waals surface area contributed by atoms with E-state index in [0.29, 0.717) is 6.42 Å². The number of aliphatic hydroxyl groups is 2. The van der Waals surface area contributed by atoms with Crippen molar-refractivity contribution >= 4 is 0 Å². The lowest BCUT2D eigenvalue weighted by Crippen LogP contribution is -2.43. The van der Waals surface area contributed by atoms with Gasteiger partial charge < -0.3 is 14.9 Å². The minimum Gasteiger partial charge on any atom is -0.491 e. The molecule has 0 fully saturated rings. The molecule has 0 bridgehead atoms. The minimum absolute atomic E-state index is 0.0286. The van der Waals surface area contributed by atoms with Gasteiger partial charge >= 0.3 is 0 Å². The summed E-state index contributed by atoms with van der Waals surface area (Å²) in [6.45, 7) is 14.4. The molecule has 0 amide bonds. The summed E-state index contributed by atoms with van der Waals surface area (Å²) in [5.41, 5.74) is 0.254. The smallest absolute Gasteiger partial charge is 0.133 e. The van der Waals surface area contributed by atoms with Gasteiger partial charge in [-0.2, -0.15) is 0 Å². The van der Waals surface area contributed by atoms with E-state index in [2.05, 4.69) is 41.5 Å². The predicted octanol–water partition coefficient (Wildman–Crippen LogP) is 3.26. The van der Waals surface area contributed by atoms with Gasteiger partial charge in [0.1, 0.15) is 11.7 Å². The third-order valence-corrected chi connectivity index (χ3v) is 3.62. The van der Waals surface area contributed by atoms with Crippen LogP contribution in [0.1, 0.15) is 61.3 Å². The van der Waals surface area contributed by atoms with Gasteiger partial charge in [0.2, 0.25) is 0 Å². The number of ether oxygens (including phenoxy) is 1. The van der Waals surface area contributed by atoms with Crippen LogP contribution in [0.2, 0.25) is 0 Å². The van der Waals surface area contributed by atoms with Crippen LogP contribution in [0.3, 0.4) is 0 Å². The minimum atomic E-state index is -1.18. The normalized spacial score (nSPS) is 24.4. The Labute approximate surface area is 117 Å². The second kappa shape index (κ2) is 5.10. The van der Waals surface area contributed by atoms with Gasteiger partial charge in [0.15, 0.2) is 0 Å². The zero-order chi connectivity index (χ0) is 15.1. The maximum atomic E-state index is 10.2. The molecule has 0 aliphatic carbocycles. The lowest BCUT2D eigenvalue weighted by molar-refractivity contribution is -0.0954. The Morgan fingerprint density at radius 2 is 1.63 bits per heavy atom. The van der Waals surface area contributed by atoms with E-state index >= 15 is 0 Å². The number of allylic oxidation sites excluding steroid dienone is 1. The summed E-state index contributed by atoms with van der Waals surface area (Å²) in [5.74, 6) is 0.999. The first-order chi connectivity index (χ1) is 8.37. The van der Waals surface area contributed by atoms with Gasteiger partial charge in [-0.25, -0.2) is 0 Å². The van der Waals surface area contributed by atoms with Crippen molar-refractivity contribution in [2.75, 3.05) is 6.61 Å². The Bertz CT molecular complexity index is 353. The van der Waals surface area contributed by atoms with Crippen molar-refractivity contribution in [2.45, 2.75) is 73.0 Å². The molecule has 2 N–H and O–H groups in total. The van der Waals surface area contributed by atoms with Crippen LogP contribution in [0.5, 0.6) is 0 Å². The summed E-state index contributed by atoms with van der Waals surface area (Å²) in [6, 6.07) is 0. The van der Waals surface area contributed by atoms with E-state index in [1.165, 1.54) is 5.57 Å². The molecule has 0 aromatic carbocycles. The molecule has 0 saturated carbocycles. The Kier molecular flexibility index (Phi) is 4.43. The highest BCUT2D eigenvalue weighted by Gasteiger charge is 2.42. The average molecular weight is 270 g/mol. The van der Waals surface area contributed by atoms with E-state index in [0.717, 1.165) is 12.2 Å². The third-order valence-electron chi connectivity index (χ3n) is 3.62. The van der Waals surface area contributed by atoms with Crippen LogP contribution in [0.15, 0.2) is 11.3 Å². The van der Waals surface area contributed by atoms with E-state index in [1.54, 1.807) is 6.92 Å². The van der Waals surface area contributed by atoms with Crippen LogP contribution in [0.4, 0.5) is 0 Å². The van der Waals surface area contributed by atoms with Crippen LogP contribution in [-0.4, -0.2) is 28.5 Å². The molecular weight excluding hydrogens is 240 g/mol. The molecule has 1 heterocycles. The first kappa shape index (κ1) is 16.5. The van der Waals surface area contributed by atoms with E-state index in [-0.39, 0.29) is 23.5 Å². The Morgan fingerprint density at radius 3 is 2.00 bits per heavy atom. The number of hydrogen-bond acceptors (Lipinski definition) is 3. The van der Waals surface area contributed by atoms with Gasteiger partial charge in [0, 0.05) is 12.8 Å². The fourth-order valence-corrected chi connectivity index (χ4v) is 2.39. The summed E-state index contributed by atoms with van der Waals surface area (Å²) in [5, 5.41) is 19.5. The van der Waals surface area contributed by atoms with Crippen LogP contribution in [0, 0.1) is 10.8 Å². The molecule has 19 heavy (non-hydrogen) atoms. The first-order valence-electron chi connectivity index (χ1n) is 7.09. The molecule has 0 radical (unpaired) electrons. The van der Waals surface area contributed by atoms with Crippen molar-refractivity contribution in [2.24, 2.45) is 10.8 Å². The van der Waals surface area contributed by atoms with Gasteiger partial charge in [-0.05, 0) is 23.3 Å². The number of aliphatic hydroxyl groups excluding tert-OH is 1. The summed E-state index contributed by atoms with van der Waals surface area (Å²) < 4.78 is 6.00. The predicted molar refractivity (Wildman–Crippen MR) is 77.8 cm³/mol. The molecule has 0 aromatic heterocycles. The Balaban J connectivity index is 3.00.